The van der Waals surface area contributed by atoms with Crippen LogP contribution in [-0.4, -0.2) is 9.78 Å². The van der Waals surface area contributed by atoms with Crippen molar-refractivity contribution in [1.29, 1.82) is 5.26 Å². The number of rotatable bonds is 0. The fraction of sp³-hybridized carbons (Fsp3) is 0.333. The third-order valence-corrected chi connectivity index (χ3v) is 1.23. The minimum absolute atomic E-state index is 0.481. The van der Waals surface area contributed by atoms with E-state index in [1.807, 2.05) is 20.0 Å². The van der Waals surface area contributed by atoms with E-state index in [9.17, 15) is 0 Å². The summed E-state index contributed by atoms with van der Waals surface area (Å²) in [6, 6.07) is 3.71. The van der Waals surface area contributed by atoms with Crippen LogP contribution in [0.25, 0.3) is 0 Å². The van der Waals surface area contributed by atoms with Gasteiger partial charge in [0.25, 0.3) is 0 Å². The van der Waals surface area contributed by atoms with Crippen LogP contribution in [0.5, 0.6) is 0 Å². The number of nitriles is 1. The van der Waals surface area contributed by atoms with E-state index in [-0.39, 0.29) is 0 Å². The molecule has 0 bridgehead atoms. The number of hydrogen-bond donors (Lipinski definition) is 0. The zero-order valence-corrected chi connectivity index (χ0v) is 5.42. The van der Waals surface area contributed by atoms with Crippen LogP contribution in [0.1, 0.15) is 11.4 Å². The van der Waals surface area contributed by atoms with Gasteiger partial charge >= 0.3 is 0 Å². The van der Waals surface area contributed by atoms with Gasteiger partial charge in [-0.2, -0.15) is 10.4 Å². The maximum Gasteiger partial charge on any atom is 0.162 e. The molecule has 0 spiro atoms. The average molecular weight is 121 g/mol. The molecule has 0 N–H and O–H groups in total. The van der Waals surface area contributed by atoms with E-state index in [0.717, 1.165) is 5.69 Å². The lowest BCUT2D eigenvalue weighted by Gasteiger charge is -1.87. The smallest absolute Gasteiger partial charge is 0.162 e. The van der Waals surface area contributed by atoms with Crippen LogP contribution in [0.3, 0.4) is 0 Å². The molecule has 0 fully saturated rings. The van der Waals surface area contributed by atoms with Crippen LogP contribution < -0.4 is 0 Å². The summed E-state index contributed by atoms with van der Waals surface area (Å²) in [5, 5.41) is 12.2. The summed E-state index contributed by atoms with van der Waals surface area (Å²) >= 11 is 0. The van der Waals surface area contributed by atoms with Crippen molar-refractivity contribution in [2.75, 3.05) is 0 Å². The predicted octanol–water partition coefficient (Wildman–Crippen LogP) is 0.600. The van der Waals surface area contributed by atoms with Crippen molar-refractivity contribution in [1.82, 2.24) is 9.78 Å². The van der Waals surface area contributed by atoms with E-state index in [2.05, 4.69) is 5.10 Å². The molecule has 46 valence electrons. The van der Waals surface area contributed by atoms with Gasteiger partial charge in [0.2, 0.25) is 0 Å². The molecule has 0 atom stereocenters. The van der Waals surface area contributed by atoms with Crippen LogP contribution in [0.4, 0.5) is 0 Å². The molecule has 9 heavy (non-hydrogen) atoms. The van der Waals surface area contributed by atoms with Crippen LogP contribution in [0.2, 0.25) is 0 Å². The second-order valence-electron chi connectivity index (χ2n) is 1.91. The van der Waals surface area contributed by atoms with Gasteiger partial charge in [0, 0.05) is 12.7 Å². The molecular formula is C6H7N3. The Hall–Kier alpha value is -1.30. The first-order valence-corrected chi connectivity index (χ1v) is 2.65. The zero-order chi connectivity index (χ0) is 6.85. The number of aryl methyl sites for hydroxylation is 2. The first kappa shape index (κ1) is 5.83. The van der Waals surface area contributed by atoms with Gasteiger partial charge in [0.1, 0.15) is 6.07 Å². The molecule has 0 aliphatic rings. The van der Waals surface area contributed by atoms with Gasteiger partial charge in [-0.3, -0.25) is 4.68 Å². The molecule has 0 radical (unpaired) electrons. The first-order chi connectivity index (χ1) is 4.24. The van der Waals surface area contributed by atoms with E-state index >= 15 is 0 Å². The summed E-state index contributed by atoms with van der Waals surface area (Å²) in [6.45, 7) is 1.91. The van der Waals surface area contributed by atoms with Crippen LogP contribution in [0, 0.1) is 18.3 Å². The van der Waals surface area contributed by atoms with Crippen molar-refractivity contribution in [2.24, 2.45) is 7.05 Å². The molecule has 0 aromatic carbocycles. The third-order valence-electron chi connectivity index (χ3n) is 1.23. The summed E-state index contributed by atoms with van der Waals surface area (Å²) in [5.74, 6) is 0. The van der Waals surface area contributed by atoms with Crippen molar-refractivity contribution >= 4 is 0 Å². The molecular weight excluding hydrogens is 114 g/mol. The fourth-order valence-corrected chi connectivity index (χ4v) is 0.615. The first-order valence-electron chi connectivity index (χ1n) is 2.65. The molecule has 1 rings (SSSR count). The fourth-order valence-electron chi connectivity index (χ4n) is 0.615. The lowest BCUT2D eigenvalue weighted by atomic mass is 10.4. The quantitative estimate of drug-likeness (QED) is 0.504. The molecule has 0 amide bonds. The number of aromatic nitrogens is 2. The van der Waals surface area contributed by atoms with Crippen LogP contribution in [-0.2, 0) is 7.05 Å². The van der Waals surface area contributed by atoms with E-state index in [4.69, 9.17) is 5.26 Å². The van der Waals surface area contributed by atoms with Crippen LogP contribution in [0.15, 0.2) is 6.07 Å². The topological polar surface area (TPSA) is 41.6 Å². The second-order valence-corrected chi connectivity index (χ2v) is 1.91. The molecule has 0 aliphatic carbocycles. The monoisotopic (exact) mass is 121 g/mol. The van der Waals surface area contributed by atoms with Crippen LogP contribution >= 0.6 is 0 Å². The van der Waals surface area contributed by atoms with Gasteiger partial charge < -0.3 is 0 Å². The highest BCUT2D eigenvalue weighted by Crippen LogP contribution is 1.97. The summed E-state index contributed by atoms with van der Waals surface area (Å²) < 4.78 is 1.68. The Morgan fingerprint density at radius 1 is 1.78 bits per heavy atom. The van der Waals surface area contributed by atoms with Crippen molar-refractivity contribution in [3.8, 4) is 6.07 Å². The summed E-state index contributed by atoms with van der Waals surface area (Å²) in [4.78, 5) is 0. The molecule has 1 heterocycles. The van der Waals surface area contributed by atoms with E-state index in [1.54, 1.807) is 10.7 Å². The number of hydrogen-bond acceptors (Lipinski definition) is 2. The van der Waals surface area contributed by atoms with Gasteiger partial charge in [-0.05, 0) is 13.0 Å². The Kier molecular flexibility index (Phi) is 1.23. The van der Waals surface area contributed by atoms with E-state index in [0.29, 0.717) is 5.69 Å². The van der Waals surface area contributed by atoms with Crippen molar-refractivity contribution < 1.29 is 0 Å². The highest BCUT2D eigenvalue weighted by molar-refractivity contribution is 5.21. The second kappa shape index (κ2) is 1.90. The molecule has 0 aliphatic heterocycles. The Morgan fingerprint density at radius 2 is 2.44 bits per heavy atom. The third kappa shape index (κ3) is 0.918. The zero-order valence-electron chi connectivity index (χ0n) is 5.42. The normalized spacial score (nSPS) is 9.00. The Morgan fingerprint density at radius 3 is 2.67 bits per heavy atom. The van der Waals surface area contributed by atoms with Crippen molar-refractivity contribution in [2.45, 2.75) is 6.92 Å². The average Bonchev–Trinajstić information content (AvgIpc) is 2.13. The summed E-state index contributed by atoms with van der Waals surface area (Å²) in [7, 11) is 1.82. The van der Waals surface area contributed by atoms with Gasteiger partial charge in [0.15, 0.2) is 5.69 Å². The van der Waals surface area contributed by atoms with Gasteiger partial charge in [0.05, 0.1) is 0 Å². The Bertz CT molecular complexity index is 234. The summed E-state index contributed by atoms with van der Waals surface area (Å²) in [5.41, 5.74) is 1.49. The lowest BCUT2D eigenvalue weighted by Crippen LogP contribution is -1.91. The molecule has 3 nitrogen and oxygen atoms in total. The largest absolute Gasteiger partial charge is 0.272 e. The number of nitrogens with zero attached hydrogens (tertiary/aromatic N) is 3. The predicted molar refractivity (Wildman–Crippen MR) is 32.7 cm³/mol. The van der Waals surface area contributed by atoms with Gasteiger partial charge in [-0.15, -0.1) is 0 Å². The standard InChI is InChI=1S/C6H7N3/c1-5-3-6(4-7)8-9(5)2/h3H,1-2H3. The Balaban J connectivity index is 3.16. The molecule has 1 aromatic heterocycles. The minimum atomic E-state index is 0.481. The lowest BCUT2D eigenvalue weighted by molar-refractivity contribution is 0.736. The Labute approximate surface area is 53.5 Å². The van der Waals surface area contributed by atoms with Gasteiger partial charge in [-0.1, -0.05) is 0 Å². The molecule has 3 heteroatoms. The highest BCUT2D eigenvalue weighted by Gasteiger charge is 1.96. The highest BCUT2D eigenvalue weighted by atomic mass is 15.3. The molecule has 0 saturated heterocycles. The SMILES string of the molecule is Cc1cc(C#N)nn1C. The van der Waals surface area contributed by atoms with Crippen molar-refractivity contribution in [3.05, 3.63) is 17.5 Å². The van der Waals surface area contributed by atoms with E-state index < -0.39 is 0 Å². The van der Waals surface area contributed by atoms with Crippen molar-refractivity contribution in [3.63, 3.8) is 0 Å². The maximum absolute atomic E-state index is 8.35. The molecule has 0 saturated carbocycles. The summed E-state index contributed by atoms with van der Waals surface area (Å²) in [6.07, 6.45) is 0. The molecule has 1 aromatic rings. The maximum atomic E-state index is 8.35. The molecule has 0 unspecified atom stereocenters. The minimum Gasteiger partial charge on any atom is -0.272 e. The van der Waals surface area contributed by atoms with E-state index in [1.165, 1.54) is 0 Å². The van der Waals surface area contributed by atoms with Gasteiger partial charge in [-0.25, -0.2) is 0 Å².